The average Bonchev–Trinajstić information content (AvgIpc) is 3.31. The molecule has 0 radical (unpaired) electrons. The second-order valence-electron chi connectivity index (χ2n) is 7.97. The van der Waals surface area contributed by atoms with Crippen LogP contribution in [0.2, 0.25) is 0 Å². The smallest absolute Gasteiger partial charge is 0.338 e. The number of aryl methyl sites for hydroxylation is 2. The van der Waals surface area contributed by atoms with Crippen LogP contribution in [0, 0.1) is 13.8 Å². The number of esters is 1. The molecule has 2 aromatic carbocycles. The topological polar surface area (TPSA) is 88.1 Å². The molecule has 0 fully saturated rings. The number of anilines is 2. The molecular formula is C26H25N3O4S. The number of carbonyl (C=O) groups is 3. The Morgan fingerprint density at radius 3 is 2.65 bits per heavy atom. The summed E-state index contributed by atoms with van der Waals surface area (Å²) in [6.07, 6.45) is 0.0961. The van der Waals surface area contributed by atoms with E-state index in [-0.39, 0.29) is 31.4 Å². The Hall–Kier alpha value is -3.78. The zero-order valence-electron chi connectivity index (χ0n) is 19.3. The van der Waals surface area contributed by atoms with E-state index in [9.17, 15) is 14.4 Å². The molecule has 0 atom stereocenters. The number of nitrogens with one attached hydrogen (secondary N) is 1. The summed E-state index contributed by atoms with van der Waals surface area (Å²) in [4.78, 5) is 45.5. The van der Waals surface area contributed by atoms with Crippen LogP contribution in [0.3, 0.4) is 0 Å². The van der Waals surface area contributed by atoms with Crippen molar-refractivity contribution in [2.24, 2.45) is 4.99 Å². The highest BCUT2D eigenvalue weighted by molar-refractivity contribution is 7.12. The van der Waals surface area contributed by atoms with Crippen LogP contribution in [0.25, 0.3) is 0 Å². The van der Waals surface area contributed by atoms with Crippen LogP contribution >= 0.6 is 11.3 Å². The molecule has 7 nitrogen and oxygen atoms in total. The van der Waals surface area contributed by atoms with Gasteiger partial charge in [0.15, 0.2) is 0 Å². The second-order valence-corrected chi connectivity index (χ2v) is 8.91. The lowest BCUT2D eigenvalue weighted by atomic mass is 10.1. The first kappa shape index (κ1) is 23.4. The Morgan fingerprint density at radius 1 is 1.12 bits per heavy atom. The maximum atomic E-state index is 13.3. The standard InChI is InChI=1S/C26H25N3O4S/c1-4-33-26(32)18-7-5-8-19(13-18)27-24(30)15-29-22-12-17(3)16(2)11-20(22)28-21(14-25(29)31)23-9-6-10-34-23/h5-13H,4,14-15H2,1-3H3,(H,27,30). The molecule has 1 aromatic heterocycles. The first-order chi connectivity index (χ1) is 16.4. The van der Waals surface area contributed by atoms with Gasteiger partial charge < -0.3 is 15.0 Å². The van der Waals surface area contributed by atoms with E-state index in [0.29, 0.717) is 28.3 Å². The molecule has 0 unspecified atom stereocenters. The summed E-state index contributed by atoms with van der Waals surface area (Å²) < 4.78 is 5.02. The maximum absolute atomic E-state index is 13.3. The van der Waals surface area contributed by atoms with E-state index in [0.717, 1.165) is 16.0 Å². The maximum Gasteiger partial charge on any atom is 0.338 e. The van der Waals surface area contributed by atoms with Crippen molar-refractivity contribution in [2.45, 2.75) is 27.2 Å². The normalized spacial score (nSPS) is 13.1. The van der Waals surface area contributed by atoms with E-state index in [1.54, 1.807) is 31.2 Å². The third-order valence-electron chi connectivity index (χ3n) is 5.52. The summed E-state index contributed by atoms with van der Waals surface area (Å²) in [5.74, 6) is -1.04. The van der Waals surface area contributed by atoms with Gasteiger partial charge in [-0.15, -0.1) is 11.3 Å². The van der Waals surface area contributed by atoms with Gasteiger partial charge in [0.2, 0.25) is 11.8 Å². The Labute approximate surface area is 202 Å². The van der Waals surface area contributed by atoms with E-state index in [1.807, 2.05) is 43.5 Å². The van der Waals surface area contributed by atoms with E-state index >= 15 is 0 Å². The summed E-state index contributed by atoms with van der Waals surface area (Å²) in [6, 6.07) is 14.2. The minimum atomic E-state index is -0.459. The van der Waals surface area contributed by atoms with Gasteiger partial charge >= 0.3 is 5.97 Å². The van der Waals surface area contributed by atoms with Gasteiger partial charge in [-0.05, 0) is 73.7 Å². The minimum Gasteiger partial charge on any atom is -0.462 e. The SMILES string of the molecule is CCOC(=O)c1cccc(NC(=O)CN2C(=O)CC(c3cccs3)=Nc3cc(C)c(C)cc32)c1. The van der Waals surface area contributed by atoms with Crippen LogP contribution in [0.5, 0.6) is 0 Å². The predicted octanol–water partition coefficient (Wildman–Crippen LogP) is 5.04. The van der Waals surface area contributed by atoms with Crippen molar-refractivity contribution in [2.75, 3.05) is 23.4 Å². The molecule has 1 aliphatic heterocycles. The fourth-order valence-corrected chi connectivity index (χ4v) is 4.40. The van der Waals surface area contributed by atoms with Gasteiger partial charge in [-0.1, -0.05) is 12.1 Å². The van der Waals surface area contributed by atoms with Crippen LogP contribution in [0.1, 0.15) is 39.7 Å². The van der Waals surface area contributed by atoms with E-state index < -0.39 is 5.97 Å². The number of thiophene rings is 1. The molecule has 174 valence electrons. The molecule has 3 aromatic rings. The van der Waals surface area contributed by atoms with Crippen molar-refractivity contribution in [1.29, 1.82) is 0 Å². The van der Waals surface area contributed by atoms with Crippen LogP contribution in [-0.4, -0.2) is 36.6 Å². The predicted molar refractivity (Wildman–Crippen MR) is 134 cm³/mol. The third-order valence-corrected chi connectivity index (χ3v) is 6.44. The van der Waals surface area contributed by atoms with E-state index in [1.165, 1.54) is 16.2 Å². The number of amides is 2. The van der Waals surface area contributed by atoms with Crippen LogP contribution < -0.4 is 10.2 Å². The van der Waals surface area contributed by atoms with Gasteiger partial charge in [-0.2, -0.15) is 0 Å². The molecule has 0 spiro atoms. The van der Waals surface area contributed by atoms with Gasteiger partial charge in [0.25, 0.3) is 0 Å². The number of hydrogen-bond acceptors (Lipinski definition) is 6. The van der Waals surface area contributed by atoms with Gasteiger partial charge in [0.05, 0.1) is 35.7 Å². The van der Waals surface area contributed by atoms with E-state index in [2.05, 4.69) is 5.32 Å². The van der Waals surface area contributed by atoms with Gasteiger partial charge in [-0.3, -0.25) is 9.59 Å². The van der Waals surface area contributed by atoms with Crippen LogP contribution in [0.4, 0.5) is 17.1 Å². The number of nitrogens with zero attached hydrogens (tertiary/aromatic N) is 2. The third kappa shape index (κ3) is 5.07. The molecular weight excluding hydrogens is 450 g/mol. The summed E-state index contributed by atoms with van der Waals surface area (Å²) in [5.41, 5.74) is 4.82. The van der Waals surface area contributed by atoms with Gasteiger partial charge in [0.1, 0.15) is 6.54 Å². The first-order valence-corrected chi connectivity index (χ1v) is 11.8. The van der Waals surface area contributed by atoms with Crippen LogP contribution in [0.15, 0.2) is 58.9 Å². The number of fused-ring (bicyclic) bond motifs is 1. The monoisotopic (exact) mass is 475 g/mol. The fourth-order valence-electron chi connectivity index (χ4n) is 3.69. The number of aliphatic imine (C=N–C) groups is 1. The molecule has 8 heteroatoms. The van der Waals surface area contributed by atoms with Crippen molar-refractivity contribution in [3.63, 3.8) is 0 Å². The molecule has 2 heterocycles. The zero-order valence-corrected chi connectivity index (χ0v) is 20.1. The second kappa shape index (κ2) is 10.0. The van der Waals surface area contributed by atoms with Gasteiger partial charge in [0, 0.05) is 10.6 Å². The summed E-state index contributed by atoms with van der Waals surface area (Å²) in [6.45, 7) is 5.78. The number of rotatable bonds is 6. The van der Waals surface area contributed by atoms with Crippen molar-refractivity contribution in [1.82, 2.24) is 0 Å². The number of benzene rings is 2. The number of hydrogen-bond donors (Lipinski definition) is 1. The quantitative estimate of drug-likeness (QED) is 0.506. The summed E-state index contributed by atoms with van der Waals surface area (Å²) in [5, 5.41) is 4.74. The first-order valence-electron chi connectivity index (χ1n) is 11.0. The lowest BCUT2D eigenvalue weighted by Gasteiger charge is -2.23. The molecule has 34 heavy (non-hydrogen) atoms. The zero-order chi connectivity index (χ0) is 24.2. The number of carbonyl (C=O) groups excluding carboxylic acids is 3. The Bertz CT molecular complexity index is 1280. The van der Waals surface area contributed by atoms with Crippen LogP contribution in [-0.2, 0) is 14.3 Å². The molecule has 0 saturated carbocycles. The molecule has 0 bridgehead atoms. The highest BCUT2D eigenvalue weighted by Gasteiger charge is 2.27. The van der Waals surface area contributed by atoms with Crippen molar-refractivity contribution >= 4 is 51.9 Å². The molecule has 1 aliphatic rings. The summed E-state index contributed by atoms with van der Waals surface area (Å²) in [7, 11) is 0. The molecule has 4 rings (SSSR count). The van der Waals surface area contributed by atoms with E-state index in [4.69, 9.17) is 9.73 Å². The lowest BCUT2D eigenvalue weighted by molar-refractivity contribution is -0.120. The Kier molecular flexibility index (Phi) is 6.88. The van der Waals surface area contributed by atoms with Crippen molar-refractivity contribution in [3.05, 3.63) is 75.5 Å². The molecule has 1 N–H and O–H groups in total. The Morgan fingerprint density at radius 2 is 1.91 bits per heavy atom. The van der Waals surface area contributed by atoms with Gasteiger partial charge in [-0.25, -0.2) is 9.79 Å². The molecule has 2 amide bonds. The lowest BCUT2D eigenvalue weighted by Crippen LogP contribution is -2.38. The highest BCUT2D eigenvalue weighted by atomic mass is 32.1. The molecule has 0 saturated heterocycles. The average molecular weight is 476 g/mol. The molecule has 0 aliphatic carbocycles. The van der Waals surface area contributed by atoms with Crippen molar-refractivity contribution < 1.29 is 19.1 Å². The fraction of sp³-hybridized carbons (Fsp3) is 0.231. The minimum absolute atomic E-state index is 0.0961. The number of ether oxygens (including phenoxy) is 1. The largest absolute Gasteiger partial charge is 0.462 e. The highest BCUT2D eigenvalue weighted by Crippen LogP contribution is 2.36. The Balaban J connectivity index is 1.60. The summed E-state index contributed by atoms with van der Waals surface area (Å²) >= 11 is 1.53. The van der Waals surface area contributed by atoms with Crippen molar-refractivity contribution in [3.8, 4) is 0 Å².